The van der Waals surface area contributed by atoms with Crippen LogP contribution in [-0.4, -0.2) is 54.0 Å². The minimum absolute atomic E-state index is 0. The molecule has 0 N–H and O–H groups in total. The average Bonchev–Trinajstić information content (AvgIpc) is 3.29. The van der Waals surface area contributed by atoms with E-state index in [9.17, 15) is 4.79 Å². The van der Waals surface area contributed by atoms with E-state index in [-0.39, 0.29) is 24.2 Å². The molecule has 1 aliphatic rings. The molecule has 1 aromatic heterocycles. The summed E-state index contributed by atoms with van der Waals surface area (Å²) >= 11 is 1.70. The second kappa shape index (κ2) is 11.5. The van der Waals surface area contributed by atoms with E-state index in [1.54, 1.807) is 18.4 Å². The van der Waals surface area contributed by atoms with Gasteiger partial charge in [0, 0.05) is 37.1 Å². The van der Waals surface area contributed by atoms with Gasteiger partial charge in [-0.3, -0.25) is 9.69 Å². The Morgan fingerprint density at radius 1 is 1.06 bits per heavy atom. The van der Waals surface area contributed by atoms with Crippen molar-refractivity contribution >= 4 is 29.7 Å². The molecule has 1 unspecified atom stereocenters. The summed E-state index contributed by atoms with van der Waals surface area (Å²) in [6, 6.07) is 18.1. The Morgan fingerprint density at radius 2 is 1.75 bits per heavy atom. The average molecular weight is 472 g/mol. The fourth-order valence-corrected chi connectivity index (χ4v) is 4.90. The number of aromatic nitrogens is 1. The highest BCUT2D eigenvalue weighted by molar-refractivity contribution is 7.09. The maximum atomic E-state index is 13.1. The number of hydrogen-bond acceptors (Lipinski definition) is 5. The second-order valence-corrected chi connectivity index (χ2v) is 8.77. The van der Waals surface area contributed by atoms with E-state index < -0.39 is 0 Å². The van der Waals surface area contributed by atoms with Crippen molar-refractivity contribution in [2.45, 2.75) is 25.8 Å². The van der Waals surface area contributed by atoms with Crippen LogP contribution in [0.5, 0.6) is 5.75 Å². The van der Waals surface area contributed by atoms with E-state index in [4.69, 9.17) is 9.72 Å². The first-order valence-corrected chi connectivity index (χ1v) is 11.7. The van der Waals surface area contributed by atoms with Crippen LogP contribution in [0.15, 0.2) is 60.0 Å². The van der Waals surface area contributed by atoms with Gasteiger partial charge in [0.05, 0.1) is 25.3 Å². The Labute approximate surface area is 200 Å². The highest BCUT2D eigenvalue weighted by atomic mass is 35.5. The Kier molecular flexibility index (Phi) is 8.67. The SMILES string of the molecule is CCC(C(=O)N1CCN(Cc2nc(-c3ccc(OC)cc3)cs2)CC1)c1ccccc1.Cl. The van der Waals surface area contributed by atoms with Crippen molar-refractivity contribution < 1.29 is 9.53 Å². The third-order valence-electron chi connectivity index (χ3n) is 5.89. The Hall–Kier alpha value is -2.41. The van der Waals surface area contributed by atoms with Crippen molar-refractivity contribution in [2.24, 2.45) is 0 Å². The normalized spacial score (nSPS) is 15.1. The molecular formula is C25H30ClN3O2S. The number of methoxy groups -OCH3 is 1. The van der Waals surface area contributed by atoms with Gasteiger partial charge in [0.25, 0.3) is 0 Å². The number of rotatable bonds is 7. The summed E-state index contributed by atoms with van der Waals surface area (Å²) in [5.41, 5.74) is 3.22. The number of amides is 1. The first kappa shape index (κ1) is 24.2. The molecule has 1 fully saturated rings. The minimum Gasteiger partial charge on any atom is -0.497 e. The number of nitrogens with zero attached hydrogens (tertiary/aromatic N) is 3. The number of ether oxygens (including phenoxy) is 1. The molecule has 0 spiro atoms. The minimum atomic E-state index is -0.0428. The van der Waals surface area contributed by atoms with Crippen molar-refractivity contribution in [3.63, 3.8) is 0 Å². The number of hydrogen-bond donors (Lipinski definition) is 0. The number of piperazine rings is 1. The monoisotopic (exact) mass is 471 g/mol. The van der Waals surface area contributed by atoms with Crippen LogP contribution >= 0.6 is 23.7 Å². The lowest BCUT2D eigenvalue weighted by atomic mass is 9.95. The molecule has 7 heteroatoms. The fourth-order valence-electron chi connectivity index (χ4n) is 4.05. The lowest BCUT2D eigenvalue weighted by Gasteiger charge is -2.36. The van der Waals surface area contributed by atoms with Crippen LogP contribution < -0.4 is 4.74 Å². The van der Waals surface area contributed by atoms with Gasteiger partial charge in [0.2, 0.25) is 5.91 Å². The zero-order valence-electron chi connectivity index (χ0n) is 18.6. The van der Waals surface area contributed by atoms with Crippen LogP contribution in [0.2, 0.25) is 0 Å². The molecule has 0 aliphatic carbocycles. The molecule has 0 radical (unpaired) electrons. The van der Waals surface area contributed by atoms with Crippen LogP contribution in [0.3, 0.4) is 0 Å². The van der Waals surface area contributed by atoms with Gasteiger partial charge in [-0.25, -0.2) is 4.98 Å². The van der Waals surface area contributed by atoms with Crippen LogP contribution in [0.4, 0.5) is 0 Å². The van der Waals surface area contributed by atoms with Gasteiger partial charge in [0.1, 0.15) is 10.8 Å². The van der Waals surface area contributed by atoms with E-state index >= 15 is 0 Å². The highest BCUT2D eigenvalue weighted by Crippen LogP contribution is 2.26. The summed E-state index contributed by atoms with van der Waals surface area (Å²) in [6.07, 6.45) is 0.830. The predicted molar refractivity (Wildman–Crippen MR) is 133 cm³/mol. The second-order valence-electron chi connectivity index (χ2n) is 7.83. The molecule has 0 saturated carbocycles. The molecule has 1 saturated heterocycles. The van der Waals surface area contributed by atoms with Crippen LogP contribution in [0.25, 0.3) is 11.3 Å². The summed E-state index contributed by atoms with van der Waals surface area (Å²) in [5, 5.41) is 3.23. The Bertz CT molecular complexity index is 986. The Morgan fingerprint density at radius 3 is 2.38 bits per heavy atom. The van der Waals surface area contributed by atoms with Gasteiger partial charge in [-0.1, -0.05) is 37.3 Å². The van der Waals surface area contributed by atoms with E-state index in [0.29, 0.717) is 0 Å². The molecule has 1 aliphatic heterocycles. The summed E-state index contributed by atoms with van der Waals surface area (Å²) in [6.45, 7) is 6.24. The maximum absolute atomic E-state index is 13.1. The number of thiazole rings is 1. The van der Waals surface area contributed by atoms with Gasteiger partial charge in [-0.05, 0) is 36.2 Å². The van der Waals surface area contributed by atoms with E-state index in [0.717, 1.165) is 66.7 Å². The fraction of sp³-hybridized carbons (Fsp3) is 0.360. The van der Waals surface area contributed by atoms with Crippen LogP contribution in [0.1, 0.15) is 29.8 Å². The predicted octanol–water partition coefficient (Wildman–Crippen LogP) is 5.08. The van der Waals surface area contributed by atoms with Gasteiger partial charge in [-0.15, -0.1) is 23.7 Å². The number of carbonyl (C=O) groups is 1. The molecule has 1 atom stereocenters. The van der Waals surface area contributed by atoms with Crippen molar-refractivity contribution in [3.05, 3.63) is 70.5 Å². The van der Waals surface area contributed by atoms with Gasteiger partial charge in [0.15, 0.2) is 0 Å². The summed E-state index contributed by atoms with van der Waals surface area (Å²) < 4.78 is 5.23. The van der Waals surface area contributed by atoms with E-state index in [1.165, 1.54) is 0 Å². The summed E-state index contributed by atoms with van der Waals surface area (Å²) in [7, 11) is 1.67. The van der Waals surface area contributed by atoms with Crippen molar-refractivity contribution in [1.82, 2.24) is 14.8 Å². The van der Waals surface area contributed by atoms with Crippen molar-refractivity contribution in [2.75, 3.05) is 33.3 Å². The van der Waals surface area contributed by atoms with E-state index in [2.05, 4.69) is 29.3 Å². The standard InChI is InChI=1S/C25H29N3O2S.ClH/c1-3-22(19-7-5-4-6-8-19)25(29)28-15-13-27(14-16-28)17-24-26-23(18-31-24)20-9-11-21(30-2)12-10-20;/h4-12,18,22H,3,13-17H2,1-2H3;1H. The number of benzene rings is 2. The zero-order valence-corrected chi connectivity index (χ0v) is 20.2. The molecule has 32 heavy (non-hydrogen) atoms. The quantitative estimate of drug-likeness (QED) is 0.482. The number of carbonyl (C=O) groups excluding carboxylic acids is 1. The Balaban J connectivity index is 0.00000289. The molecule has 4 rings (SSSR count). The largest absolute Gasteiger partial charge is 0.497 e. The maximum Gasteiger partial charge on any atom is 0.230 e. The third-order valence-corrected chi connectivity index (χ3v) is 6.72. The van der Waals surface area contributed by atoms with E-state index in [1.807, 2.05) is 47.4 Å². The molecular weight excluding hydrogens is 442 g/mol. The van der Waals surface area contributed by atoms with Gasteiger partial charge >= 0.3 is 0 Å². The molecule has 2 aromatic carbocycles. The number of halogens is 1. The topological polar surface area (TPSA) is 45.7 Å². The molecule has 0 bridgehead atoms. The van der Waals surface area contributed by atoms with Gasteiger partial charge in [-0.2, -0.15) is 0 Å². The van der Waals surface area contributed by atoms with Crippen molar-refractivity contribution in [3.8, 4) is 17.0 Å². The molecule has 1 amide bonds. The van der Waals surface area contributed by atoms with Crippen LogP contribution in [0, 0.1) is 0 Å². The zero-order chi connectivity index (χ0) is 21.6. The van der Waals surface area contributed by atoms with Crippen molar-refractivity contribution in [1.29, 1.82) is 0 Å². The lowest BCUT2D eigenvalue weighted by molar-refractivity contribution is -0.134. The first-order valence-electron chi connectivity index (χ1n) is 10.8. The highest BCUT2D eigenvalue weighted by Gasteiger charge is 2.27. The summed E-state index contributed by atoms with van der Waals surface area (Å²) in [5.74, 6) is 1.06. The molecule has 2 heterocycles. The smallest absolute Gasteiger partial charge is 0.230 e. The third kappa shape index (κ3) is 5.68. The lowest BCUT2D eigenvalue weighted by Crippen LogP contribution is -2.49. The molecule has 170 valence electrons. The summed E-state index contributed by atoms with van der Waals surface area (Å²) in [4.78, 5) is 22.3. The first-order chi connectivity index (χ1) is 15.2. The molecule has 3 aromatic rings. The molecule has 5 nitrogen and oxygen atoms in total. The van der Waals surface area contributed by atoms with Crippen LogP contribution in [-0.2, 0) is 11.3 Å². The van der Waals surface area contributed by atoms with Gasteiger partial charge < -0.3 is 9.64 Å².